The molecular formula is C21H21ClN2O3S. The van der Waals surface area contributed by atoms with Crippen LogP contribution in [0, 0.1) is 0 Å². The van der Waals surface area contributed by atoms with Crippen molar-refractivity contribution >= 4 is 40.9 Å². The zero-order valence-electron chi connectivity index (χ0n) is 15.6. The van der Waals surface area contributed by atoms with Gasteiger partial charge in [0.05, 0.1) is 23.9 Å². The lowest BCUT2D eigenvalue weighted by Crippen LogP contribution is -2.28. The molecule has 146 valence electrons. The maximum absolute atomic E-state index is 12.8. The minimum atomic E-state index is -0.311. The number of benzene rings is 2. The molecule has 2 N–H and O–H groups in total. The van der Waals surface area contributed by atoms with Crippen LogP contribution in [0.15, 0.2) is 59.2 Å². The molecule has 3 rings (SSSR count). The zero-order chi connectivity index (χ0) is 20.1. The summed E-state index contributed by atoms with van der Waals surface area (Å²) >= 11 is 7.53. The second kappa shape index (κ2) is 9.17. The van der Waals surface area contributed by atoms with Crippen LogP contribution in [0.2, 0.25) is 5.02 Å². The van der Waals surface area contributed by atoms with Gasteiger partial charge in [-0.3, -0.25) is 9.59 Å². The Morgan fingerprint density at radius 3 is 2.61 bits per heavy atom. The number of allylic oxidation sites excluding steroid dienone is 1. The summed E-state index contributed by atoms with van der Waals surface area (Å²) in [5, 5.41) is 6.19. The van der Waals surface area contributed by atoms with Gasteiger partial charge in [0.25, 0.3) is 11.8 Å². The van der Waals surface area contributed by atoms with Gasteiger partial charge in [-0.05, 0) is 37.6 Å². The van der Waals surface area contributed by atoms with Crippen molar-refractivity contribution in [3.05, 3.63) is 75.3 Å². The predicted molar refractivity (Wildman–Crippen MR) is 114 cm³/mol. The third kappa shape index (κ3) is 4.88. The predicted octanol–water partition coefficient (Wildman–Crippen LogP) is 4.76. The Labute approximate surface area is 173 Å². The highest BCUT2D eigenvalue weighted by atomic mass is 35.5. The summed E-state index contributed by atoms with van der Waals surface area (Å²) in [5.41, 5.74) is 1.70. The molecular weight excluding hydrogens is 396 g/mol. The Hall–Kier alpha value is -2.44. The van der Waals surface area contributed by atoms with Crippen LogP contribution in [0.1, 0.15) is 35.8 Å². The first-order valence-corrected chi connectivity index (χ1v) is 10.2. The van der Waals surface area contributed by atoms with Crippen LogP contribution in [-0.2, 0) is 9.53 Å². The molecule has 1 heterocycles. The van der Waals surface area contributed by atoms with E-state index in [1.807, 2.05) is 37.3 Å². The first kappa shape index (κ1) is 20.3. The lowest BCUT2D eigenvalue weighted by Gasteiger charge is -2.19. The number of nitrogens with one attached hydrogen (secondary N) is 2. The van der Waals surface area contributed by atoms with Gasteiger partial charge in [0, 0.05) is 10.8 Å². The fourth-order valence-electron chi connectivity index (χ4n) is 2.83. The minimum absolute atomic E-state index is 0.180. The zero-order valence-corrected chi connectivity index (χ0v) is 17.2. The average molecular weight is 417 g/mol. The second-order valence-electron chi connectivity index (χ2n) is 6.33. The van der Waals surface area contributed by atoms with Crippen molar-refractivity contribution in [3.63, 3.8) is 0 Å². The molecule has 2 aromatic rings. The van der Waals surface area contributed by atoms with Gasteiger partial charge >= 0.3 is 0 Å². The number of amides is 2. The van der Waals surface area contributed by atoms with Gasteiger partial charge in [0.1, 0.15) is 10.7 Å². The van der Waals surface area contributed by atoms with Crippen LogP contribution in [0.25, 0.3) is 0 Å². The molecule has 0 unspecified atom stereocenters. The molecule has 0 spiro atoms. The van der Waals surface area contributed by atoms with E-state index in [1.54, 1.807) is 25.1 Å². The van der Waals surface area contributed by atoms with Crippen LogP contribution >= 0.6 is 23.4 Å². The molecule has 0 bridgehead atoms. The highest BCUT2D eigenvalue weighted by Gasteiger charge is 2.22. The third-order valence-electron chi connectivity index (χ3n) is 4.30. The van der Waals surface area contributed by atoms with Crippen molar-refractivity contribution in [3.8, 4) is 0 Å². The first-order chi connectivity index (χ1) is 13.5. The fraction of sp³-hybridized carbons (Fsp3) is 0.238. The molecule has 1 aliphatic rings. The summed E-state index contributed by atoms with van der Waals surface area (Å²) in [4.78, 5) is 26.0. The Bertz CT molecular complexity index is 915. The maximum atomic E-state index is 12.8. The molecule has 0 aliphatic carbocycles. The molecule has 0 radical (unpaired) electrons. The van der Waals surface area contributed by atoms with Crippen LogP contribution in [0.4, 0.5) is 5.69 Å². The molecule has 0 fully saturated rings. The number of hydrogen-bond donors (Lipinski definition) is 2. The van der Waals surface area contributed by atoms with E-state index in [1.165, 1.54) is 11.8 Å². The first-order valence-electron chi connectivity index (χ1n) is 8.89. The van der Waals surface area contributed by atoms with Gasteiger partial charge in [-0.1, -0.05) is 41.9 Å². The highest BCUT2D eigenvalue weighted by molar-refractivity contribution is 8.04. The van der Waals surface area contributed by atoms with Crippen molar-refractivity contribution in [1.29, 1.82) is 0 Å². The van der Waals surface area contributed by atoms with Gasteiger partial charge in [-0.2, -0.15) is 0 Å². The Kier molecular flexibility index (Phi) is 6.65. The Morgan fingerprint density at radius 2 is 1.89 bits per heavy atom. The van der Waals surface area contributed by atoms with Crippen molar-refractivity contribution in [2.75, 3.05) is 17.7 Å². The minimum Gasteiger partial charge on any atom is -0.496 e. The number of carbonyl (C=O) groups is 2. The highest BCUT2D eigenvalue weighted by Crippen LogP contribution is 2.28. The summed E-state index contributed by atoms with van der Waals surface area (Å²) in [6.45, 7) is 4.25. The van der Waals surface area contributed by atoms with Crippen LogP contribution in [0.3, 0.4) is 0 Å². The van der Waals surface area contributed by atoms with Gasteiger partial charge in [0.15, 0.2) is 0 Å². The van der Waals surface area contributed by atoms with E-state index in [-0.39, 0.29) is 17.9 Å². The molecule has 2 aromatic carbocycles. The standard InChI is InChI=1S/C21H21ClN2O3S/c1-13(15-6-4-3-5-7-15)23-20(25)17-9-8-16(22)12-18(17)24-21(26)19-14(2)27-10-11-28-19/h3-9,12-13H,10-11H2,1-2H3,(H,23,25)(H,24,26)/t13-/m0/s1. The topological polar surface area (TPSA) is 67.4 Å². The summed E-state index contributed by atoms with van der Waals surface area (Å²) in [6.07, 6.45) is 0. The summed E-state index contributed by atoms with van der Waals surface area (Å²) in [6, 6.07) is 14.3. The lowest BCUT2D eigenvalue weighted by atomic mass is 10.1. The van der Waals surface area contributed by atoms with Gasteiger partial charge < -0.3 is 15.4 Å². The molecule has 0 saturated carbocycles. The largest absolute Gasteiger partial charge is 0.496 e. The molecule has 7 heteroatoms. The molecule has 2 amide bonds. The molecule has 5 nitrogen and oxygen atoms in total. The van der Waals surface area contributed by atoms with Crippen LogP contribution in [-0.4, -0.2) is 24.2 Å². The van der Waals surface area contributed by atoms with E-state index in [4.69, 9.17) is 16.3 Å². The quantitative estimate of drug-likeness (QED) is 0.737. The third-order valence-corrected chi connectivity index (χ3v) is 5.66. The molecule has 28 heavy (non-hydrogen) atoms. The van der Waals surface area contributed by atoms with E-state index in [9.17, 15) is 9.59 Å². The second-order valence-corrected chi connectivity index (χ2v) is 7.87. The molecule has 0 saturated heterocycles. The average Bonchev–Trinajstić information content (AvgIpc) is 2.69. The van der Waals surface area contributed by atoms with Crippen molar-refractivity contribution in [2.45, 2.75) is 19.9 Å². The summed E-state index contributed by atoms with van der Waals surface area (Å²) in [5.74, 6) is 0.688. The van der Waals surface area contributed by atoms with Crippen molar-refractivity contribution in [2.24, 2.45) is 0 Å². The molecule has 0 aromatic heterocycles. The number of hydrogen-bond acceptors (Lipinski definition) is 4. The summed E-state index contributed by atoms with van der Waals surface area (Å²) in [7, 11) is 0. The smallest absolute Gasteiger partial charge is 0.265 e. The molecule has 1 aliphatic heterocycles. The Morgan fingerprint density at radius 1 is 1.14 bits per heavy atom. The monoisotopic (exact) mass is 416 g/mol. The van der Waals surface area contributed by atoms with E-state index >= 15 is 0 Å². The lowest BCUT2D eigenvalue weighted by molar-refractivity contribution is -0.112. The van der Waals surface area contributed by atoms with Crippen LogP contribution in [0.5, 0.6) is 0 Å². The maximum Gasteiger partial charge on any atom is 0.265 e. The molecule has 1 atom stereocenters. The summed E-state index contributed by atoms with van der Waals surface area (Å²) < 4.78 is 5.44. The fourth-order valence-corrected chi connectivity index (χ4v) is 3.81. The van der Waals surface area contributed by atoms with Crippen LogP contribution < -0.4 is 10.6 Å². The van der Waals surface area contributed by atoms with Gasteiger partial charge in [0.2, 0.25) is 0 Å². The van der Waals surface area contributed by atoms with Gasteiger partial charge in [-0.15, -0.1) is 11.8 Å². The van der Waals surface area contributed by atoms with Crippen molar-refractivity contribution < 1.29 is 14.3 Å². The number of ether oxygens (including phenoxy) is 1. The number of thioether (sulfide) groups is 1. The SMILES string of the molecule is CC1=C(C(=O)Nc2cc(Cl)ccc2C(=O)N[C@@H](C)c2ccccc2)SCCO1. The number of anilines is 1. The van der Waals surface area contributed by atoms with E-state index < -0.39 is 0 Å². The number of halogens is 1. The normalized spacial score (nSPS) is 14.8. The number of rotatable bonds is 5. The number of carbonyl (C=O) groups excluding carboxylic acids is 2. The Balaban J connectivity index is 1.80. The van der Waals surface area contributed by atoms with E-state index in [2.05, 4.69) is 10.6 Å². The van der Waals surface area contributed by atoms with Crippen molar-refractivity contribution in [1.82, 2.24) is 5.32 Å². The van der Waals surface area contributed by atoms with E-state index in [0.29, 0.717) is 39.3 Å². The van der Waals surface area contributed by atoms with E-state index in [0.717, 1.165) is 5.56 Å². The van der Waals surface area contributed by atoms with Gasteiger partial charge in [-0.25, -0.2) is 0 Å².